The number of nitrogens with zero attached hydrogens (tertiary/aromatic N) is 1. The molecule has 0 heterocycles. The Morgan fingerprint density at radius 3 is 2.55 bits per heavy atom. The van der Waals surface area contributed by atoms with E-state index < -0.39 is 0 Å². The van der Waals surface area contributed by atoms with Crippen molar-refractivity contribution in [1.82, 2.24) is 0 Å². The summed E-state index contributed by atoms with van der Waals surface area (Å²) in [5.41, 5.74) is 5.65. The van der Waals surface area contributed by atoms with Gasteiger partial charge in [0, 0.05) is 13.7 Å². The molecular formula is C8H18N2O. The Bertz CT molecular complexity index is 123. The van der Waals surface area contributed by atoms with Crippen LogP contribution in [0.15, 0.2) is 4.99 Å². The first-order chi connectivity index (χ1) is 5.26. The third-order valence-corrected chi connectivity index (χ3v) is 1.51. The summed E-state index contributed by atoms with van der Waals surface area (Å²) < 4.78 is 5.15. The Morgan fingerprint density at radius 1 is 1.55 bits per heavy atom. The van der Waals surface area contributed by atoms with Crippen molar-refractivity contribution >= 4 is 5.84 Å². The SMILES string of the molecule is CCCC(OC)C(N)=NCC. The molecule has 0 radical (unpaired) electrons. The first kappa shape index (κ1) is 10.4. The van der Waals surface area contributed by atoms with Gasteiger partial charge in [-0.25, -0.2) is 0 Å². The molecule has 3 heteroatoms. The summed E-state index contributed by atoms with van der Waals surface area (Å²) in [6.45, 7) is 4.80. The molecule has 0 amide bonds. The maximum Gasteiger partial charge on any atom is 0.123 e. The van der Waals surface area contributed by atoms with E-state index in [9.17, 15) is 0 Å². The van der Waals surface area contributed by atoms with Gasteiger partial charge in [-0.05, 0) is 13.3 Å². The van der Waals surface area contributed by atoms with Gasteiger partial charge in [0.15, 0.2) is 0 Å². The zero-order valence-corrected chi connectivity index (χ0v) is 7.63. The summed E-state index contributed by atoms with van der Waals surface area (Å²) in [5, 5.41) is 0. The minimum Gasteiger partial charge on any atom is -0.385 e. The van der Waals surface area contributed by atoms with E-state index in [1.807, 2.05) is 6.92 Å². The van der Waals surface area contributed by atoms with Gasteiger partial charge >= 0.3 is 0 Å². The fraction of sp³-hybridized carbons (Fsp3) is 0.875. The van der Waals surface area contributed by atoms with Crippen LogP contribution in [-0.4, -0.2) is 25.6 Å². The second-order valence-electron chi connectivity index (χ2n) is 2.41. The fourth-order valence-electron chi connectivity index (χ4n) is 0.933. The first-order valence-corrected chi connectivity index (χ1v) is 4.08. The summed E-state index contributed by atoms with van der Waals surface area (Å²) in [7, 11) is 1.67. The van der Waals surface area contributed by atoms with Crippen molar-refractivity contribution in [2.24, 2.45) is 10.7 Å². The molecule has 0 aromatic carbocycles. The highest BCUT2D eigenvalue weighted by Gasteiger charge is 2.09. The van der Waals surface area contributed by atoms with Crippen LogP contribution in [0.1, 0.15) is 26.7 Å². The van der Waals surface area contributed by atoms with E-state index in [4.69, 9.17) is 10.5 Å². The lowest BCUT2D eigenvalue weighted by Crippen LogP contribution is -2.30. The number of rotatable bonds is 5. The van der Waals surface area contributed by atoms with Gasteiger partial charge in [-0.2, -0.15) is 0 Å². The number of ether oxygens (including phenoxy) is 1. The van der Waals surface area contributed by atoms with E-state index in [1.165, 1.54) is 0 Å². The van der Waals surface area contributed by atoms with E-state index >= 15 is 0 Å². The summed E-state index contributed by atoms with van der Waals surface area (Å²) in [6, 6.07) is 0. The van der Waals surface area contributed by atoms with Crippen LogP contribution in [0.25, 0.3) is 0 Å². The molecule has 66 valence electrons. The van der Waals surface area contributed by atoms with Gasteiger partial charge < -0.3 is 10.5 Å². The van der Waals surface area contributed by atoms with E-state index in [0.717, 1.165) is 19.4 Å². The zero-order valence-electron chi connectivity index (χ0n) is 7.63. The van der Waals surface area contributed by atoms with E-state index in [1.54, 1.807) is 7.11 Å². The van der Waals surface area contributed by atoms with Crippen LogP contribution in [0.2, 0.25) is 0 Å². The minimum atomic E-state index is 0.0138. The lowest BCUT2D eigenvalue weighted by atomic mass is 10.2. The van der Waals surface area contributed by atoms with Gasteiger partial charge in [0.25, 0.3) is 0 Å². The maximum absolute atomic E-state index is 5.65. The van der Waals surface area contributed by atoms with E-state index in [-0.39, 0.29) is 6.10 Å². The van der Waals surface area contributed by atoms with Crippen LogP contribution in [0.3, 0.4) is 0 Å². The Kier molecular flexibility index (Phi) is 5.84. The molecule has 0 spiro atoms. The van der Waals surface area contributed by atoms with Crippen molar-refractivity contribution in [3.8, 4) is 0 Å². The summed E-state index contributed by atoms with van der Waals surface area (Å²) in [4.78, 5) is 4.08. The minimum absolute atomic E-state index is 0.0138. The van der Waals surface area contributed by atoms with Crippen LogP contribution in [0.5, 0.6) is 0 Å². The zero-order chi connectivity index (χ0) is 8.69. The fourth-order valence-corrected chi connectivity index (χ4v) is 0.933. The van der Waals surface area contributed by atoms with Crippen LogP contribution >= 0.6 is 0 Å². The molecule has 0 fully saturated rings. The average molecular weight is 158 g/mol. The lowest BCUT2D eigenvalue weighted by molar-refractivity contribution is 0.146. The summed E-state index contributed by atoms with van der Waals surface area (Å²) in [5.74, 6) is 0.622. The van der Waals surface area contributed by atoms with Crippen molar-refractivity contribution in [1.29, 1.82) is 0 Å². The molecule has 0 aliphatic carbocycles. The molecule has 0 aliphatic rings. The van der Waals surface area contributed by atoms with E-state index in [0.29, 0.717) is 5.84 Å². The number of hydrogen-bond acceptors (Lipinski definition) is 2. The molecule has 0 aromatic rings. The Morgan fingerprint density at radius 2 is 2.18 bits per heavy atom. The average Bonchev–Trinajstić information content (AvgIpc) is 2.00. The second kappa shape index (κ2) is 6.16. The smallest absolute Gasteiger partial charge is 0.123 e. The van der Waals surface area contributed by atoms with Crippen molar-refractivity contribution in [3.05, 3.63) is 0 Å². The topological polar surface area (TPSA) is 47.6 Å². The van der Waals surface area contributed by atoms with Crippen LogP contribution < -0.4 is 5.73 Å². The van der Waals surface area contributed by atoms with Crippen molar-refractivity contribution < 1.29 is 4.74 Å². The van der Waals surface area contributed by atoms with Gasteiger partial charge in [0.1, 0.15) is 11.9 Å². The van der Waals surface area contributed by atoms with E-state index in [2.05, 4.69) is 11.9 Å². The molecule has 0 rings (SSSR count). The van der Waals surface area contributed by atoms with Gasteiger partial charge in [0.05, 0.1) is 0 Å². The Hall–Kier alpha value is -0.570. The van der Waals surface area contributed by atoms with Gasteiger partial charge in [-0.15, -0.1) is 0 Å². The number of methoxy groups -OCH3 is 1. The number of hydrogen-bond donors (Lipinski definition) is 1. The Balaban J connectivity index is 3.90. The second-order valence-corrected chi connectivity index (χ2v) is 2.41. The molecule has 1 atom stereocenters. The van der Waals surface area contributed by atoms with Crippen molar-refractivity contribution in [3.63, 3.8) is 0 Å². The standard InChI is InChI=1S/C8H18N2O/c1-4-6-7(11-3)8(9)10-5-2/h7H,4-6H2,1-3H3,(H2,9,10). The number of aliphatic imine (C=N–C) groups is 1. The maximum atomic E-state index is 5.65. The van der Waals surface area contributed by atoms with Crippen molar-refractivity contribution in [2.45, 2.75) is 32.8 Å². The third kappa shape index (κ3) is 3.98. The largest absolute Gasteiger partial charge is 0.385 e. The first-order valence-electron chi connectivity index (χ1n) is 4.08. The van der Waals surface area contributed by atoms with Gasteiger partial charge in [-0.1, -0.05) is 13.3 Å². The molecule has 1 unspecified atom stereocenters. The molecule has 0 aliphatic heterocycles. The highest BCUT2D eigenvalue weighted by molar-refractivity contribution is 5.84. The van der Waals surface area contributed by atoms with Crippen LogP contribution in [-0.2, 0) is 4.74 Å². The normalized spacial score (nSPS) is 15.0. The van der Waals surface area contributed by atoms with Crippen molar-refractivity contribution in [2.75, 3.05) is 13.7 Å². The summed E-state index contributed by atoms with van der Waals surface area (Å²) in [6.07, 6.45) is 2.03. The number of nitrogens with two attached hydrogens (primary N) is 1. The molecule has 0 saturated carbocycles. The van der Waals surface area contributed by atoms with Crippen LogP contribution in [0, 0.1) is 0 Å². The molecule has 2 N–H and O–H groups in total. The highest BCUT2D eigenvalue weighted by Crippen LogP contribution is 2.00. The monoisotopic (exact) mass is 158 g/mol. The molecule has 3 nitrogen and oxygen atoms in total. The van der Waals surface area contributed by atoms with Crippen LogP contribution in [0.4, 0.5) is 0 Å². The van der Waals surface area contributed by atoms with Gasteiger partial charge in [0.2, 0.25) is 0 Å². The Labute approximate surface area is 68.6 Å². The molecule has 0 bridgehead atoms. The number of amidine groups is 1. The van der Waals surface area contributed by atoms with Gasteiger partial charge in [-0.3, -0.25) is 4.99 Å². The molecular weight excluding hydrogens is 140 g/mol. The molecule has 0 saturated heterocycles. The lowest BCUT2D eigenvalue weighted by Gasteiger charge is -2.12. The predicted octanol–water partition coefficient (Wildman–Crippen LogP) is 1.18. The predicted molar refractivity (Wildman–Crippen MR) is 47.9 cm³/mol. The quantitative estimate of drug-likeness (QED) is 0.482. The molecule has 11 heavy (non-hydrogen) atoms. The molecule has 0 aromatic heterocycles. The highest BCUT2D eigenvalue weighted by atomic mass is 16.5. The third-order valence-electron chi connectivity index (χ3n) is 1.51. The summed E-state index contributed by atoms with van der Waals surface area (Å²) >= 11 is 0.